The van der Waals surface area contributed by atoms with Gasteiger partial charge >= 0.3 is 12.3 Å². The lowest BCUT2D eigenvalue weighted by atomic mass is 9.43. The number of hydrogen-bond donors (Lipinski definition) is 1. The molecule has 1 N–H and O–H groups in total. The molecular weight excluding hydrogens is 401 g/mol. The highest BCUT2D eigenvalue weighted by Gasteiger charge is 2.73. The highest BCUT2D eigenvalue weighted by atomic mass is 19.4. The van der Waals surface area contributed by atoms with Crippen molar-refractivity contribution in [2.75, 3.05) is 6.54 Å². The van der Waals surface area contributed by atoms with Crippen LogP contribution in [0.5, 0.6) is 5.75 Å². The number of carbonyl (C=O) groups is 2. The average molecular weight is 426 g/mol. The second-order valence-electron chi connectivity index (χ2n) is 9.57. The summed E-state index contributed by atoms with van der Waals surface area (Å²) in [5.74, 6) is 0.0873. The van der Waals surface area contributed by atoms with Gasteiger partial charge in [0.25, 0.3) is 5.91 Å². The van der Waals surface area contributed by atoms with Gasteiger partial charge in [-0.2, -0.15) is 13.2 Å². The van der Waals surface area contributed by atoms with Gasteiger partial charge in [-0.3, -0.25) is 4.79 Å². The molecule has 0 spiro atoms. The van der Waals surface area contributed by atoms with Crippen LogP contribution < -0.4 is 10.1 Å². The smallest absolute Gasteiger partial charge is 0.416 e. The molecule has 0 radical (unpaired) electrons. The fourth-order valence-corrected chi connectivity index (χ4v) is 4.79. The molecule has 4 aliphatic rings. The van der Waals surface area contributed by atoms with Crippen molar-refractivity contribution >= 4 is 12.0 Å². The molecule has 1 aliphatic heterocycles. The molecule has 1 heterocycles. The molecule has 3 saturated carbocycles. The van der Waals surface area contributed by atoms with Crippen molar-refractivity contribution in [1.82, 2.24) is 10.2 Å². The predicted octanol–water partition coefficient (Wildman–Crippen LogP) is 3.88. The van der Waals surface area contributed by atoms with Gasteiger partial charge in [0.15, 0.2) is 6.10 Å². The number of carbonyl (C=O) groups excluding carboxylic acids is 2. The maximum Gasteiger partial charge on any atom is 0.416 e. The van der Waals surface area contributed by atoms with Gasteiger partial charge in [-0.1, -0.05) is 0 Å². The highest BCUT2D eigenvalue weighted by molar-refractivity contribution is 5.85. The van der Waals surface area contributed by atoms with E-state index < -0.39 is 29.5 Å². The fourth-order valence-electron chi connectivity index (χ4n) is 4.79. The minimum atomic E-state index is -4.41. The van der Waals surface area contributed by atoms with Crippen molar-refractivity contribution in [1.29, 1.82) is 0 Å². The molecule has 1 unspecified atom stereocenters. The molecule has 4 fully saturated rings. The predicted molar refractivity (Wildman–Crippen MR) is 101 cm³/mol. The molecule has 2 bridgehead atoms. The molecule has 1 aromatic rings. The highest BCUT2D eigenvalue weighted by Crippen LogP contribution is 2.64. The number of benzene rings is 1. The van der Waals surface area contributed by atoms with Gasteiger partial charge in [-0.05, 0) is 64.3 Å². The number of nitrogens with one attached hydrogen (secondary N) is 1. The first-order valence-electron chi connectivity index (χ1n) is 9.98. The molecule has 1 aromatic carbocycles. The summed E-state index contributed by atoms with van der Waals surface area (Å²) in [6.07, 6.45) is -3.05. The van der Waals surface area contributed by atoms with Crippen LogP contribution in [0.25, 0.3) is 0 Å². The third kappa shape index (κ3) is 3.70. The van der Waals surface area contributed by atoms with E-state index in [0.717, 1.165) is 12.1 Å². The maximum atomic E-state index is 12.8. The van der Waals surface area contributed by atoms with Crippen molar-refractivity contribution in [2.45, 2.75) is 75.4 Å². The first-order chi connectivity index (χ1) is 13.8. The zero-order valence-corrected chi connectivity index (χ0v) is 17.1. The summed E-state index contributed by atoms with van der Waals surface area (Å²) in [6, 6.07) is 4.36. The van der Waals surface area contributed by atoms with Crippen LogP contribution in [0.4, 0.5) is 18.0 Å². The number of hydrogen-bond acceptors (Lipinski definition) is 4. The van der Waals surface area contributed by atoms with Crippen molar-refractivity contribution < 1.29 is 32.2 Å². The van der Waals surface area contributed by atoms with Crippen molar-refractivity contribution in [2.24, 2.45) is 0 Å². The molecule has 9 heteroatoms. The Hall–Kier alpha value is -2.45. The first kappa shape index (κ1) is 20.8. The second kappa shape index (κ2) is 6.52. The summed E-state index contributed by atoms with van der Waals surface area (Å²) >= 11 is 0. The molecule has 2 amide bonds. The zero-order valence-electron chi connectivity index (χ0n) is 17.1. The average Bonchev–Trinajstić information content (AvgIpc) is 2.88. The third-order valence-electron chi connectivity index (χ3n) is 5.96. The number of halogens is 3. The number of rotatable bonds is 4. The number of nitrogens with zero attached hydrogens (tertiary/aromatic N) is 1. The van der Waals surface area contributed by atoms with E-state index in [-0.39, 0.29) is 22.7 Å². The van der Waals surface area contributed by atoms with E-state index in [2.05, 4.69) is 5.32 Å². The third-order valence-corrected chi connectivity index (χ3v) is 5.96. The molecular formula is C21H25F3N2O4. The van der Waals surface area contributed by atoms with Crippen LogP contribution in [0.1, 0.15) is 52.0 Å². The normalized spacial score (nSPS) is 30.4. The molecule has 30 heavy (non-hydrogen) atoms. The van der Waals surface area contributed by atoms with Crippen molar-refractivity contribution in [3.05, 3.63) is 29.8 Å². The minimum Gasteiger partial charge on any atom is -0.481 e. The van der Waals surface area contributed by atoms with Crippen LogP contribution in [0.15, 0.2) is 24.3 Å². The monoisotopic (exact) mass is 426 g/mol. The lowest BCUT2D eigenvalue weighted by Crippen LogP contribution is -2.84. The van der Waals surface area contributed by atoms with Gasteiger partial charge in [-0.15, -0.1) is 0 Å². The van der Waals surface area contributed by atoms with Gasteiger partial charge in [-0.25, -0.2) is 4.79 Å². The molecule has 5 rings (SSSR count). The Morgan fingerprint density at radius 3 is 2.27 bits per heavy atom. The summed E-state index contributed by atoms with van der Waals surface area (Å²) in [5.41, 5.74) is -1.90. The van der Waals surface area contributed by atoms with E-state index in [1.807, 2.05) is 0 Å². The van der Waals surface area contributed by atoms with Gasteiger partial charge in [0.05, 0.1) is 11.1 Å². The Balaban J connectivity index is 1.31. The van der Waals surface area contributed by atoms with E-state index in [1.165, 1.54) is 12.1 Å². The van der Waals surface area contributed by atoms with E-state index >= 15 is 0 Å². The fraction of sp³-hybridized carbons (Fsp3) is 0.619. The maximum absolute atomic E-state index is 12.8. The van der Waals surface area contributed by atoms with E-state index in [9.17, 15) is 22.8 Å². The minimum absolute atomic E-state index is 0.152. The molecule has 1 atom stereocenters. The number of alkyl halides is 3. The van der Waals surface area contributed by atoms with Crippen LogP contribution in [0.3, 0.4) is 0 Å². The largest absolute Gasteiger partial charge is 0.481 e. The van der Waals surface area contributed by atoms with Gasteiger partial charge < -0.3 is 19.7 Å². The molecule has 0 aromatic heterocycles. The van der Waals surface area contributed by atoms with E-state index in [0.29, 0.717) is 32.2 Å². The molecule has 164 valence electrons. The number of ether oxygens (including phenoxy) is 2. The first-order valence-corrected chi connectivity index (χ1v) is 9.98. The number of alkyl carbamates (subject to hydrolysis) is 1. The Morgan fingerprint density at radius 1 is 1.13 bits per heavy atom. The van der Waals surface area contributed by atoms with Gasteiger partial charge in [0, 0.05) is 18.5 Å². The zero-order chi connectivity index (χ0) is 21.9. The Labute approximate surface area is 172 Å². The number of amides is 2. The van der Waals surface area contributed by atoms with E-state index in [1.54, 1.807) is 25.7 Å². The Morgan fingerprint density at radius 2 is 1.73 bits per heavy atom. The lowest BCUT2D eigenvalue weighted by molar-refractivity contribution is -0.184. The number of likely N-dealkylation sites (tertiary alicyclic amines) is 1. The summed E-state index contributed by atoms with van der Waals surface area (Å²) in [7, 11) is 0. The lowest BCUT2D eigenvalue weighted by Gasteiger charge is -2.72. The summed E-state index contributed by atoms with van der Waals surface area (Å²) < 4.78 is 49.0. The topological polar surface area (TPSA) is 67.9 Å². The van der Waals surface area contributed by atoms with Crippen LogP contribution >= 0.6 is 0 Å². The SMILES string of the molecule is CC(C)(C)OC(=O)NC12CC(N3CCC(Oc4ccc(C(F)(F)F)cc4)C3=O)(C1)C2. The van der Waals surface area contributed by atoms with E-state index in [4.69, 9.17) is 9.47 Å². The second-order valence-corrected chi connectivity index (χ2v) is 9.57. The van der Waals surface area contributed by atoms with Gasteiger partial charge in [0.1, 0.15) is 11.4 Å². The van der Waals surface area contributed by atoms with Crippen LogP contribution in [0.2, 0.25) is 0 Å². The van der Waals surface area contributed by atoms with Crippen LogP contribution in [-0.2, 0) is 15.7 Å². The molecule has 6 nitrogen and oxygen atoms in total. The Kier molecular flexibility index (Phi) is 4.52. The Bertz CT molecular complexity index is 841. The van der Waals surface area contributed by atoms with Crippen molar-refractivity contribution in [3.8, 4) is 5.75 Å². The van der Waals surface area contributed by atoms with Crippen LogP contribution in [-0.4, -0.2) is 46.2 Å². The molecule has 3 aliphatic carbocycles. The standard InChI is InChI=1S/C21H25F3N2O4/c1-18(2,3)30-17(28)25-19-10-20(11-19,12-19)26-9-8-15(16(26)27)29-14-6-4-13(5-7-14)21(22,23)24/h4-7,15H,8-12H2,1-3H3,(H,25,28). The summed E-state index contributed by atoms with van der Waals surface area (Å²) in [6.45, 7) is 5.94. The van der Waals surface area contributed by atoms with Crippen LogP contribution in [0, 0.1) is 0 Å². The molecule has 1 saturated heterocycles. The summed E-state index contributed by atoms with van der Waals surface area (Å²) in [4.78, 5) is 26.6. The van der Waals surface area contributed by atoms with Gasteiger partial charge in [0.2, 0.25) is 0 Å². The van der Waals surface area contributed by atoms with Crippen molar-refractivity contribution in [3.63, 3.8) is 0 Å². The summed E-state index contributed by atoms with van der Waals surface area (Å²) in [5, 5.41) is 2.92. The quantitative estimate of drug-likeness (QED) is 0.794.